The number of hydrogen-bond acceptors (Lipinski definition) is 4. The molecule has 24 heavy (non-hydrogen) atoms. The lowest BCUT2D eigenvalue weighted by molar-refractivity contribution is -0.132. The lowest BCUT2D eigenvalue weighted by Crippen LogP contribution is -2.53. The standard InChI is InChI=1S/C19H28N2O3/c1-2-24-16-8-6-15(7-9-16)14-19(23)21-12-10-20(11-13-21)17-4-3-5-18(17)22/h6-9,17-18,22H,2-5,10-14H2,1H3/t17-,18-/m1/s1. The minimum atomic E-state index is -0.184. The molecule has 5 nitrogen and oxygen atoms in total. The molecule has 1 heterocycles. The first kappa shape index (κ1) is 17.2. The SMILES string of the molecule is CCOc1ccc(CC(=O)N2CCN([C@@H]3CCC[C@H]3O)CC2)cc1. The molecule has 0 bridgehead atoms. The zero-order chi connectivity index (χ0) is 16.9. The summed E-state index contributed by atoms with van der Waals surface area (Å²) in [5.41, 5.74) is 1.03. The van der Waals surface area contributed by atoms with Gasteiger partial charge in [-0.25, -0.2) is 0 Å². The van der Waals surface area contributed by atoms with Crippen molar-refractivity contribution < 1.29 is 14.6 Å². The molecular weight excluding hydrogens is 304 g/mol. The van der Waals surface area contributed by atoms with Gasteiger partial charge in [-0.3, -0.25) is 9.69 Å². The number of ether oxygens (including phenoxy) is 1. The van der Waals surface area contributed by atoms with E-state index in [1.54, 1.807) is 0 Å². The summed E-state index contributed by atoms with van der Waals surface area (Å²) < 4.78 is 5.43. The molecule has 1 N–H and O–H groups in total. The van der Waals surface area contributed by atoms with Crippen molar-refractivity contribution in [3.63, 3.8) is 0 Å². The Kier molecular flexibility index (Phi) is 5.74. The van der Waals surface area contributed by atoms with Crippen molar-refractivity contribution >= 4 is 5.91 Å². The van der Waals surface area contributed by atoms with Gasteiger partial charge >= 0.3 is 0 Å². The summed E-state index contributed by atoms with van der Waals surface area (Å²) >= 11 is 0. The Bertz CT molecular complexity index is 538. The third-order valence-corrected chi connectivity index (χ3v) is 5.17. The van der Waals surface area contributed by atoms with E-state index < -0.39 is 0 Å². The van der Waals surface area contributed by atoms with Gasteiger partial charge in [0, 0.05) is 32.2 Å². The highest BCUT2D eigenvalue weighted by Crippen LogP contribution is 2.25. The monoisotopic (exact) mass is 332 g/mol. The van der Waals surface area contributed by atoms with Gasteiger partial charge in [0.05, 0.1) is 19.1 Å². The van der Waals surface area contributed by atoms with Crippen LogP contribution in [0.4, 0.5) is 0 Å². The highest BCUT2D eigenvalue weighted by molar-refractivity contribution is 5.79. The third kappa shape index (κ3) is 4.08. The quantitative estimate of drug-likeness (QED) is 0.891. The molecule has 0 aromatic heterocycles. The van der Waals surface area contributed by atoms with Crippen LogP contribution < -0.4 is 4.74 Å². The van der Waals surface area contributed by atoms with E-state index in [0.29, 0.717) is 19.1 Å². The van der Waals surface area contributed by atoms with Crippen LogP contribution in [0, 0.1) is 0 Å². The van der Waals surface area contributed by atoms with Crippen molar-refractivity contribution in [1.82, 2.24) is 9.80 Å². The number of aliphatic hydroxyl groups excluding tert-OH is 1. The van der Waals surface area contributed by atoms with E-state index in [2.05, 4.69) is 4.90 Å². The fourth-order valence-electron chi connectivity index (χ4n) is 3.81. The number of benzene rings is 1. The second-order valence-electron chi connectivity index (χ2n) is 6.74. The molecule has 5 heteroatoms. The van der Waals surface area contributed by atoms with Gasteiger partial charge in [-0.1, -0.05) is 12.1 Å². The minimum Gasteiger partial charge on any atom is -0.494 e. The molecule has 1 aromatic rings. The van der Waals surface area contributed by atoms with Crippen LogP contribution in [-0.4, -0.2) is 65.7 Å². The van der Waals surface area contributed by atoms with Gasteiger partial charge in [-0.05, 0) is 43.9 Å². The van der Waals surface area contributed by atoms with E-state index in [0.717, 1.165) is 56.8 Å². The van der Waals surface area contributed by atoms with Gasteiger partial charge in [-0.2, -0.15) is 0 Å². The van der Waals surface area contributed by atoms with Crippen LogP contribution in [0.15, 0.2) is 24.3 Å². The van der Waals surface area contributed by atoms with Gasteiger partial charge in [-0.15, -0.1) is 0 Å². The van der Waals surface area contributed by atoms with Crippen LogP contribution >= 0.6 is 0 Å². The molecule has 0 radical (unpaired) electrons. The molecule has 0 unspecified atom stereocenters. The van der Waals surface area contributed by atoms with Crippen LogP contribution in [0.2, 0.25) is 0 Å². The molecule has 2 aliphatic rings. The maximum absolute atomic E-state index is 12.5. The summed E-state index contributed by atoms with van der Waals surface area (Å²) in [6, 6.07) is 8.08. The number of rotatable bonds is 5. The predicted octanol–water partition coefficient (Wildman–Crippen LogP) is 1.69. The summed E-state index contributed by atoms with van der Waals surface area (Å²) in [6.45, 7) is 5.88. The highest BCUT2D eigenvalue weighted by Gasteiger charge is 2.33. The average molecular weight is 332 g/mol. The first-order valence-electron chi connectivity index (χ1n) is 9.09. The van der Waals surface area contributed by atoms with Crippen LogP contribution in [0.25, 0.3) is 0 Å². The summed E-state index contributed by atoms with van der Waals surface area (Å²) in [4.78, 5) is 16.8. The summed E-state index contributed by atoms with van der Waals surface area (Å²) in [7, 11) is 0. The first-order valence-corrected chi connectivity index (χ1v) is 9.09. The number of aliphatic hydroxyl groups is 1. The molecule has 1 amide bonds. The predicted molar refractivity (Wildman–Crippen MR) is 93.1 cm³/mol. The number of amides is 1. The van der Waals surface area contributed by atoms with Gasteiger partial charge in [0.25, 0.3) is 0 Å². The molecule has 2 atom stereocenters. The van der Waals surface area contributed by atoms with Crippen molar-refractivity contribution in [2.45, 2.75) is 44.8 Å². The van der Waals surface area contributed by atoms with E-state index >= 15 is 0 Å². The molecule has 1 saturated carbocycles. The van der Waals surface area contributed by atoms with Gasteiger partial charge in [0.1, 0.15) is 5.75 Å². The molecule has 1 aromatic carbocycles. The van der Waals surface area contributed by atoms with E-state index in [1.807, 2.05) is 36.1 Å². The van der Waals surface area contributed by atoms with Crippen molar-refractivity contribution in [2.24, 2.45) is 0 Å². The summed E-state index contributed by atoms with van der Waals surface area (Å²) in [5.74, 6) is 1.03. The van der Waals surface area contributed by atoms with E-state index in [9.17, 15) is 9.90 Å². The minimum absolute atomic E-state index is 0.184. The van der Waals surface area contributed by atoms with Gasteiger partial charge in [0.2, 0.25) is 5.91 Å². The van der Waals surface area contributed by atoms with Crippen molar-refractivity contribution in [1.29, 1.82) is 0 Å². The van der Waals surface area contributed by atoms with E-state index in [4.69, 9.17) is 4.74 Å². The molecule has 2 fully saturated rings. The van der Waals surface area contributed by atoms with Crippen LogP contribution in [0.1, 0.15) is 31.7 Å². The zero-order valence-corrected chi connectivity index (χ0v) is 14.5. The summed E-state index contributed by atoms with van der Waals surface area (Å²) in [5, 5.41) is 10.0. The number of carbonyl (C=O) groups excluding carboxylic acids is 1. The highest BCUT2D eigenvalue weighted by atomic mass is 16.5. The summed E-state index contributed by atoms with van der Waals surface area (Å²) in [6.07, 6.45) is 3.38. The van der Waals surface area contributed by atoms with Crippen molar-refractivity contribution in [2.75, 3.05) is 32.8 Å². The number of carbonyl (C=O) groups is 1. The van der Waals surface area contributed by atoms with Gasteiger partial charge < -0.3 is 14.7 Å². The molecule has 3 rings (SSSR count). The number of hydrogen-bond donors (Lipinski definition) is 1. The average Bonchev–Trinajstić information content (AvgIpc) is 3.03. The second kappa shape index (κ2) is 7.99. The largest absolute Gasteiger partial charge is 0.494 e. The Morgan fingerprint density at radius 3 is 2.46 bits per heavy atom. The van der Waals surface area contributed by atoms with Crippen molar-refractivity contribution in [3.8, 4) is 5.75 Å². The first-order chi connectivity index (χ1) is 11.7. The smallest absolute Gasteiger partial charge is 0.227 e. The molecule has 1 saturated heterocycles. The Balaban J connectivity index is 1.48. The molecular formula is C19H28N2O3. The topological polar surface area (TPSA) is 53.0 Å². The third-order valence-electron chi connectivity index (χ3n) is 5.17. The molecule has 0 spiro atoms. The number of piperazine rings is 1. The Hall–Kier alpha value is -1.59. The molecule has 132 valence electrons. The number of nitrogens with zero attached hydrogens (tertiary/aromatic N) is 2. The van der Waals surface area contributed by atoms with E-state index in [1.165, 1.54) is 0 Å². The fourth-order valence-corrected chi connectivity index (χ4v) is 3.81. The molecule has 1 aliphatic heterocycles. The zero-order valence-electron chi connectivity index (χ0n) is 14.5. The maximum atomic E-state index is 12.5. The van der Waals surface area contributed by atoms with Crippen molar-refractivity contribution in [3.05, 3.63) is 29.8 Å². The van der Waals surface area contributed by atoms with Crippen LogP contribution in [0.3, 0.4) is 0 Å². The maximum Gasteiger partial charge on any atom is 0.227 e. The Morgan fingerprint density at radius 1 is 1.17 bits per heavy atom. The molecule has 1 aliphatic carbocycles. The Morgan fingerprint density at radius 2 is 1.88 bits per heavy atom. The van der Waals surface area contributed by atoms with Crippen LogP contribution in [0.5, 0.6) is 5.75 Å². The van der Waals surface area contributed by atoms with Gasteiger partial charge in [0.15, 0.2) is 0 Å². The van der Waals surface area contributed by atoms with E-state index in [-0.39, 0.29) is 12.0 Å². The lowest BCUT2D eigenvalue weighted by atomic mass is 10.1. The fraction of sp³-hybridized carbons (Fsp3) is 0.632. The normalized spacial score (nSPS) is 25.0. The lowest BCUT2D eigenvalue weighted by Gasteiger charge is -2.39. The Labute approximate surface area is 144 Å². The second-order valence-corrected chi connectivity index (χ2v) is 6.74. The van der Waals surface area contributed by atoms with Crippen LogP contribution in [-0.2, 0) is 11.2 Å².